The molecule has 2 aliphatic heterocycles. The van der Waals surface area contributed by atoms with Gasteiger partial charge in [-0.15, -0.1) is 0 Å². The maximum atomic E-state index is 12.8. The largest absolute Gasteiger partial charge is 0.462 e. The number of piperidine rings is 2. The van der Waals surface area contributed by atoms with E-state index in [1.165, 1.54) is 4.90 Å². The van der Waals surface area contributed by atoms with Crippen molar-refractivity contribution in [1.82, 2.24) is 14.7 Å². The number of esters is 1. The van der Waals surface area contributed by atoms with Crippen LogP contribution in [0.5, 0.6) is 0 Å². The van der Waals surface area contributed by atoms with E-state index in [1.807, 2.05) is 59.5 Å². The van der Waals surface area contributed by atoms with Crippen LogP contribution in [-0.2, 0) is 30.3 Å². The highest BCUT2D eigenvalue weighted by Gasteiger charge is 2.29. The van der Waals surface area contributed by atoms with Gasteiger partial charge in [-0.3, -0.25) is 14.4 Å². The highest BCUT2D eigenvalue weighted by Crippen LogP contribution is 2.25. The number of ether oxygens (including phenoxy) is 1. The molecular formula is C31H39N3O5. The van der Waals surface area contributed by atoms with Crippen LogP contribution in [0.25, 0.3) is 11.1 Å². The number of likely N-dealkylation sites (N-methyl/N-ethyl adjacent to an activating group) is 1. The fourth-order valence-corrected chi connectivity index (χ4v) is 5.51. The summed E-state index contributed by atoms with van der Waals surface area (Å²) >= 11 is 0. The van der Waals surface area contributed by atoms with Gasteiger partial charge in [0.2, 0.25) is 11.8 Å². The monoisotopic (exact) mass is 533 g/mol. The molecule has 8 heteroatoms. The summed E-state index contributed by atoms with van der Waals surface area (Å²) in [5.41, 5.74) is 3.10. The van der Waals surface area contributed by atoms with Gasteiger partial charge in [-0.05, 0) is 42.4 Å². The van der Waals surface area contributed by atoms with E-state index in [4.69, 9.17) is 4.74 Å². The van der Waals surface area contributed by atoms with Crippen LogP contribution in [0.3, 0.4) is 0 Å². The zero-order valence-corrected chi connectivity index (χ0v) is 22.8. The predicted molar refractivity (Wildman–Crippen MR) is 149 cm³/mol. The molecule has 0 radical (unpaired) electrons. The Kier molecular flexibility index (Phi) is 10.3. The molecule has 2 aromatic rings. The maximum absolute atomic E-state index is 12.8. The molecule has 4 rings (SSSR count). The van der Waals surface area contributed by atoms with E-state index in [0.29, 0.717) is 38.9 Å². The highest BCUT2D eigenvalue weighted by atomic mass is 16.5. The van der Waals surface area contributed by atoms with Crippen molar-refractivity contribution in [3.8, 4) is 11.1 Å². The first kappa shape index (κ1) is 28.5. The molecule has 2 heterocycles. The zero-order valence-electron chi connectivity index (χ0n) is 22.8. The van der Waals surface area contributed by atoms with Gasteiger partial charge >= 0.3 is 5.97 Å². The SMILES string of the molecule is CN(CC=O)C(=O)C1CCN(C(=O)CCN2CCC(OC(=O)Cc3ccccc3-c3ccccc3)CC2)CC1. The van der Waals surface area contributed by atoms with E-state index in [0.717, 1.165) is 48.9 Å². The lowest BCUT2D eigenvalue weighted by molar-refractivity contribution is -0.150. The summed E-state index contributed by atoms with van der Waals surface area (Å²) in [6.07, 6.45) is 4.14. The molecule has 0 spiro atoms. The minimum absolute atomic E-state index is 0.0156. The summed E-state index contributed by atoms with van der Waals surface area (Å²) in [6.45, 7) is 3.54. The maximum Gasteiger partial charge on any atom is 0.310 e. The zero-order chi connectivity index (χ0) is 27.6. The molecule has 0 unspecified atom stereocenters. The van der Waals surface area contributed by atoms with Crippen molar-refractivity contribution in [1.29, 1.82) is 0 Å². The number of hydrogen-bond donors (Lipinski definition) is 0. The lowest BCUT2D eigenvalue weighted by Gasteiger charge is -2.34. The Balaban J connectivity index is 1.15. The highest BCUT2D eigenvalue weighted by molar-refractivity contribution is 5.81. The Bertz CT molecular complexity index is 1120. The molecule has 39 heavy (non-hydrogen) atoms. The normalized spacial score (nSPS) is 17.0. The summed E-state index contributed by atoms with van der Waals surface area (Å²) in [4.78, 5) is 54.1. The number of benzene rings is 2. The van der Waals surface area contributed by atoms with E-state index in [1.54, 1.807) is 7.05 Å². The number of aldehydes is 1. The van der Waals surface area contributed by atoms with E-state index >= 15 is 0 Å². The van der Waals surface area contributed by atoms with Crippen LogP contribution in [0.15, 0.2) is 54.6 Å². The summed E-state index contributed by atoms with van der Waals surface area (Å²) in [5.74, 6) is -0.218. The van der Waals surface area contributed by atoms with E-state index in [-0.39, 0.29) is 42.8 Å². The molecule has 2 saturated heterocycles. The van der Waals surface area contributed by atoms with Gasteiger partial charge in [-0.1, -0.05) is 54.6 Å². The second kappa shape index (κ2) is 14.0. The molecule has 0 saturated carbocycles. The molecule has 0 atom stereocenters. The molecule has 2 amide bonds. The van der Waals surface area contributed by atoms with Crippen molar-refractivity contribution in [3.63, 3.8) is 0 Å². The molecular weight excluding hydrogens is 494 g/mol. The van der Waals surface area contributed by atoms with Crippen molar-refractivity contribution in [3.05, 3.63) is 60.2 Å². The van der Waals surface area contributed by atoms with Crippen LogP contribution < -0.4 is 0 Å². The summed E-state index contributed by atoms with van der Waals surface area (Å²) < 4.78 is 5.83. The van der Waals surface area contributed by atoms with Gasteiger partial charge in [-0.2, -0.15) is 0 Å². The Morgan fingerprint density at radius 2 is 1.59 bits per heavy atom. The second-order valence-electron chi connectivity index (χ2n) is 10.5. The Morgan fingerprint density at radius 1 is 0.923 bits per heavy atom. The summed E-state index contributed by atoms with van der Waals surface area (Å²) in [7, 11) is 1.64. The van der Waals surface area contributed by atoms with Crippen LogP contribution in [0.2, 0.25) is 0 Å². The number of carbonyl (C=O) groups is 4. The van der Waals surface area contributed by atoms with Crippen LogP contribution in [0.4, 0.5) is 0 Å². The standard InChI is InChI=1S/C31H39N3O5/c1-32(21-22-35)31(38)25-11-19-34(20-12-25)29(36)15-18-33-16-13-27(14-17-33)39-30(37)23-26-9-5-6-10-28(26)24-7-3-2-4-8-24/h2-10,22,25,27H,11-21,23H2,1H3. The topological polar surface area (TPSA) is 87.2 Å². The van der Waals surface area contributed by atoms with Gasteiger partial charge in [0.15, 0.2) is 0 Å². The predicted octanol–water partition coefficient (Wildman–Crippen LogP) is 3.19. The van der Waals surface area contributed by atoms with Crippen molar-refractivity contribution in [2.75, 3.05) is 46.3 Å². The molecule has 0 aromatic heterocycles. The van der Waals surface area contributed by atoms with Crippen LogP contribution in [0, 0.1) is 5.92 Å². The average molecular weight is 534 g/mol. The molecule has 8 nitrogen and oxygen atoms in total. The van der Waals surface area contributed by atoms with Crippen molar-refractivity contribution < 1.29 is 23.9 Å². The van der Waals surface area contributed by atoms with E-state index in [9.17, 15) is 19.2 Å². The second-order valence-corrected chi connectivity index (χ2v) is 10.5. The molecule has 0 aliphatic carbocycles. The van der Waals surface area contributed by atoms with Crippen molar-refractivity contribution >= 4 is 24.1 Å². The van der Waals surface area contributed by atoms with Crippen LogP contribution in [-0.4, -0.2) is 91.2 Å². The summed E-state index contributed by atoms with van der Waals surface area (Å²) in [6, 6.07) is 18.0. The van der Waals surface area contributed by atoms with Crippen LogP contribution in [0.1, 0.15) is 37.7 Å². The molecule has 0 bridgehead atoms. The van der Waals surface area contributed by atoms with Gasteiger partial charge in [0.05, 0.1) is 13.0 Å². The van der Waals surface area contributed by atoms with Crippen molar-refractivity contribution in [2.45, 2.75) is 44.6 Å². The first-order valence-electron chi connectivity index (χ1n) is 14.0. The molecule has 0 N–H and O–H groups in total. The first-order chi connectivity index (χ1) is 18.9. The number of hydrogen-bond acceptors (Lipinski definition) is 6. The van der Waals surface area contributed by atoms with Crippen LogP contribution >= 0.6 is 0 Å². The minimum atomic E-state index is -0.203. The molecule has 208 valence electrons. The molecule has 2 aromatic carbocycles. The molecule has 2 aliphatic rings. The van der Waals surface area contributed by atoms with Gasteiger partial charge in [0.1, 0.15) is 12.4 Å². The van der Waals surface area contributed by atoms with Gasteiger partial charge in [0.25, 0.3) is 0 Å². The fourth-order valence-electron chi connectivity index (χ4n) is 5.51. The van der Waals surface area contributed by atoms with Gasteiger partial charge in [0, 0.05) is 52.1 Å². The summed E-state index contributed by atoms with van der Waals surface area (Å²) in [5, 5.41) is 0. The number of carbonyl (C=O) groups excluding carboxylic acids is 4. The Morgan fingerprint density at radius 3 is 2.28 bits per heavy atom. The van der Waals surface area contributed by atoms with E-state index in [2.05, 4.69) is 4.90 Å². The van der Waals surface area contributed by atoms with Gasteiger partial charge < -0.3 is 24.2 Å². The average Bonchev–Trinajstić information content (AvgIpc) is 2.97. The third-order valence-corrected chi connectivity index (χ3v) is 7.83. The fraction of sp³-hybridized carbons (Fsp3) is 0.484. The number of amides is 2. The lowest BCUT2D eigenvalue weighted by atomic mass is 9.95. The number of likely N-dealkylation sites (tertiary alicyclic amines) is 2. The van der Waals surface area contributed by atoms with Crippen molar-refractivity contribution in [2.24, 2.45) is 5.92 Å². The molecule has 2 fully saturated rings. The smallest absolute Gasteiger partial charge is 0.310 e. The van der Waals surface area contributed by atoms with Gasteiger partial charge in [-0.25, -0.2) is 0 Å². The lowest BCUT2D eigenvalue weighted by Crippen LogP contribution is -2.45. The third-order valence-electron chi connectivity index (χ3n) is 7.83. The Hall–Kier alpha value is -3.52. The Labute approximate surface area is 230 Å². The van der Waals surface area contributed by atoms with E-state index < -0.39 is 0 Å². The first-order valence-corrected chi connectivity index (χ1v) is 14.0. The third kappa shape index (κ3) is 7.99. The quantitative estimate of drug-likeness (QED) is 0.344. The number of rotatable bonds is 10. The number of nitrogens with zero attached hydrogens (tertiary/aromatic N) is 3. The minimum Gasteiger partial charge on any atom is -0.462 e.